The molecule has 5 nitrogen and oxygen atoms in total. The van der Waals surface area contributed by atoms with E-state index < -0.39 is 0 Å². The number of nitrogens with one attached hydrogen (secondary N) is 2. The molecule has 28 heavy (non-hydrogen) atoms. The zero-order valence-corrected chi connectivity index (χ0v) is 16.1. The number of rotatable bonds is 1. The lowest BCUT2D eigenvalue weighted by molar-refractivity contribution is 0.174. The number of anilines is 2. The van der Waals surface area contributed by atoms with Gasteiger partial charge in [0.05, 0.1) is 27.6 Å². The molecule has 142 valence electrons. The van der Waals surface area contributed by atoms with Gasteiger partial charge in [-0.15, -0.1) is 0 Å². The molecule has 3 heterocycles. The second kappa shape index (κ2) is 6.60. The van der Waals surface area contributed by atoms with Gasteiger partial charge in [0.2, 0.25) is 0 Å². The summed E-state index contributed by atoms with van der Waals surface area (Å²) in [7, 11) is 0. The van der Waals surface area contributed by atoms with Crippen LogP contribution in [-0.4, -0.2) is 28.6 Å². The molecule has 5 rings (SSSR count). The van der Waals surface area contributed by atoms with Gasteiger partial charge in [0.15, 0.2) is 0 Å². The molecule has 6 heteroatoms. The first-order chi connectivity index (χ1) is 13.7. The minimum atomic E-state index is -0.154. The Morgan fingerprint density at radius 3 is 2.57 bits per heavy atom. The molecule has 2 aliphatic heterocycles. The summed E-state index contributed by atoms with van der Waals surface area (Å²) in [6.07, 6.45) is 3.82. The van der Waals surface area contributed by atoms with Crippen LogP contribution in [0.2, 0.25) is 5.02 Å². The summed E-state index contributed by atoms with van der Waals surface area (Å²) in [4.78, 5) is 14.6. The molecule has 0 saturated carbocycles. The Hall–Kier alpha value is -2.92. The van der Waals surface area contributed by atoms with E-state index in [9.17, 15) is 4.79 Å². The van der Waals surface area contributed by atoms with Gasteiger partial charge in [-0.2, -0.15) is 0 Å². The lowest BCUT2D eigenvalue weighted by Crippen LogP contribution is -2.51. The zero-order chi connectivity index (χ0) is 19.1. The highest BCUT2D eigenvalue weighted by Gasteiger charge is 2.42. The fraction of sp³-hybridized carbons (Fsp3) is 0.227. The van der Waals surface area contributed by atoms with Crippen molar-refractivity contribution in [1.29, 1.82) is 0 Å². The van der Waals surface area contributed by atoms with E-state index in [1.807, 2.05) is 23.1 Å². The minimum absolute atomic E-state index is 0.102. The van der Waals surface area contributed by atoms with Crippen LogP contribution in [0.4, 0.5) is 16.2 Å². The standard InChI is InChI=1S/C22H21ClN4O/c23-16-6-1-2-7-17(16)24-21(28)26-14-11-22(12-15-26)20-10-5-13-27(20)19-9-4-3-8-18(19)25-22/h1-10,13,25H,11-12,14-15H2,(H,24,28). The summed E-state index contributed by atoms with van der Waals surface area (Å²) in [5.74, 6) is 0. The maximum Gasteiger partial charge on any atom is 0.321 e. The lowest BCUT2D eigenvalue weighted by Gasteiger charge is -2.46. The summed E-state index contributed by atoms with van der Waals surface area (Å²) in [5, 5.41) is 7.25. The van der Waals surface area contributed by atoms with Crippen molar-refractivity contribution in [2.45, 2.75) is 18.4 Å². The second-order valence-corrected chi connectivity index (χ2v) is 7.79. The normalized spacial score (nSPS) is 16.8. The Morgan fingerprint density at radius 2 is 1.75 bits per heavy atom. The van der Waals surface area contributed by atoms with Crippen LogP contribution in [0.3, 0.4) is 0 Å². The van der Waals surface area contributed by atoms with Crippen LogP contribution in [0.25, 0.3) is 5.69 Å². The van der Waals surface area contributed by atoms with Gasteiger partial charge in [0.1, 0.15) is 0 Å². The predicted octanol–water partition coefficient (Wildman–Crippen LogP) is 5.08. The van der Waals surface area contributed by atoms with Crippen LogP contribution in [0, 0.1) is 0 Å². The predicted molar refractivity (Wildman–Crippen MR) is 112 cm³/mol. The average Bonchev–Trinajstić information content (AvgIpc) is 3.22. The number of para-hydroxylation sites is 3. The number of likely N-dealkylation sites (tertiary alicyclic amines) is 1. The van der Waals surface area contributed by atoms with Crippen molar-refractivity contribution in [1.82, 2.24) is 9.47 Å². The van der Waals surface area contributed by atoms with Crippen molar-refractivity contribution in [2.24, 2.45) is 0 Å². The van der Waals surface area contributed by atoms with E-state index >= 15 is 0 Å². The molecular formula is C22H21ClN4O. The first-order valence-corrected chi connectivity index (χ1v) is 9.90. The molecule has 0 unspecified atom stereocenters. The molecule has 2 N–H and O–H groups in total. The third-order valence-electron chi connectivity index (χ3n) is 5.80. The number of carbonyl (C=O) groups is 1. The quantitative estimate of drug-likeness (QED) is 0.606. The third-order valence-corrected chi connectivity index (χ3v) is 6.13. The van der Waals surface area contributed by atoms with Gasteiger partial charge >= 0.3 is 6.03 Å². The maximum atomic E-state index is 12.7. The summed E-state index contributed by atoms with van der Waals surface area (Å²) >= 11 is 6.17. The van der Waals surface area contributed by atoms with E-state index in [4.69, 9.17) is 11.6 Å². The highest BCUT2D eigenvalue weighted by Crippen LogP contribution is 2.43. The molecule has 1 saturated heterocycles. The molecule has 2 aromatic carbocycles. The van der Waals surface area contributed by atoms with E-state index in [1.165, 1.54) is 11.4 Å². The zero-order valence-electron chi connectivity index (χ0n) is 15.4. The third kappa shape index (κ3) is 2.74. The first kappa shape index (κ1) is 17.2. The minimum Gasteiger partial charge on any atom is -0.372 e. The maximum absolute atomic E-state index is 12.7. The van der Waals surface area contributed by atoms with E-state index in [0.717, 1.165) is 18.5 Å². The Morgan fingerprint density at radius 1 is 1.00 bits per heavy atom. The van der Waals surface area contributed by atoms with Crippen LogP contribution >= 0.6 is 11.6 Å². The fourth-order valence-electron chi connectivity index (χ4n) is 4.32. The van der Waals surface area contributed by atoms with Crippen molar-refractivity contribution in [3.63, 3.8) is 0 Å². The van der Waals surface area contributed by atoms with Gasteiger partial charge in [0, 0.05) is 25.0 Å². The van der Waals surface area contributed by atoms with E-state index in [2.05, 4.69) is 57.8 Å². The Labute approximate surface area is 168 Å². The van der Waals surface area contributed by atoms with Gasteiger partial charge in [-0.1, -0.05) is 35.9 Å². The number of hydrogen-bond donors (Lipinski definition) is 2. The molecule has 1 aromatic heterocycles. The van der Waals surface area contributed by atoms with Gasteiger partial charge in [-0.3, -0.25) is 0 Å². The van der Waals surface area contributed by atoms with Gasteiger partial charge in [0.25, 0.3) is 0 Å². The topological polar surface area (TPSA) is 49.3 Å². The molecule has 0 atom stereocenters. The van der Waals surface area contributed by atoms with E-state index in [1.54, 1.807) is 6.07 Å². The van der Waals surface area contributed by atoms with Crippen LogP contribution in [-0.2, 0) is 5.54 Å². The molecule has 0 aliphatic carbocycles. The molecule has 1 fully saturated rings. The molecule has 0 radical (unpaired) electrons. The van der Waals surface area contributed by atoms with Crippen molar-refractivity contribution < 1.29 is 4.79 Å². The van der Waals surface area contributed by atoms with Gasteiger partial charge in [-0.25, -0.2) is 4.79 Å². The number of nitrogens with zero attached hydrogens (tertiary/aromatic N) is 2. The van der Waals surface area contributed by atoms with Crippen LogP contribution < -0.4 is 10.6 Å². The van der Waals surface area contributed by atoms with Gasteiger partial charge < -0.3 is 20.1 Å². The Kier molecular flexibility index (Phi) is 4.05. The number of amides is 2. The Balaban J connectivity index is 1.35. The molecular weight excluding hydrogens is 372 g/mol. The Bertz CT molecular complexity index is 1040. The lowest BCUT2D eigenvalue weighted by atomic mass is 9.82. The number of benzene rings is 2. The number of piperidine rings is 1. The average molecular weight is 393 g/mol. The number of aromatic nitrogens is 1. The highest BCUT2D eigenvalue weighted by atomic mass is 35.5. The SMILES string of the molecule is O=C(Nc1ccccc1Cl)N1CCC2(CC1)Nc1ccccc1-n1cccc12. The fourth-order valence-corrected chi connectivity index (χ4v) is 4.50. The smallest absolute Gasteiger partial charge is 0.321 e. The largest absolute Gasteiger partial charge is 0.372 e. The monoisotopic (exact) mass is 392 g/mol. The van der Waals surface area contributed by atoms with Crippen LogP contribution in [0.15, 0.2) is 66.9 Å². The molecule has 0 bridgehead atoms. The van der Waals surface area contributed by atoms with Crippen molar-refractivity contribution in [2.75, 3.05) is 23.7 Å². The van der Waals surface area contributed by atoms with Crippen LogP contribution in [0.1, 0.15) is 18.5 Å². The molecule has 2 amide bonds. The first-order valence-electron chi connectivity index (χ1n) is 9.52. The van der Waals surface area contributed by atoms with Crippen molar-refractivity contribution in [3.05, 3.63) is 77.6 Å². The molecule has 2 aliphatic rings. The van der Waals surface area contributed by atoms with E-state index in [-0.39, 0.29) is 11.6 Å². The highest BCUT2D eigenvalue weighted by molar-refractivity contribution is 6.33. The molecule has 3 aromatic rings. The van der Waals surface area contributed by atoms with Crippen molar-refractivity contribution >= 4 is 29.0 Å². The van der Waals surface area contributed by atoms with Crippen molar-refractivity contribution in [3.8, 4) is 5.69 Å². The summed E-state index contributed by atoms with van der Waals surface area (Å²) in [5.41, 5.74) is 4.07. The van der Waals surface area contributed by atoms with Gasteiger partial charge in [-0.05, 0) is 49.2 Å². The second-order valence-electron chi connectivity index (χ2n) is 7.38. The van der Waals surface area contributed by atoms with Crippen LogP contribution in [0.5, 0.6) is 0 Å². The number of fused-ring (bicyclic) bond motifs is 4. The number of hydrogen-bond acceptors (Lipinski definition) is 2. The number of halogens is 1. The van der Waals surface area contributed by atoms with E-state index in [0.29, 0.717) is 23.8 Å². The molecule has 1 spiro atoms. The summed E-state index contributed by atoms with van der Waals surface area (Å²) < 4.78 is 2.27. The summed E-state index contributed by atoms with van der Waals surface area (Å²) in [6, 6.07) is 19.9. The number of urea groups is 1. The number of carbonyl (C=O) groups excluding carboxylic acids is 1. The summed E-state index contributed by atoms with van der Waals surface area (Å²) in [6.45, 7) is 1.35.